The summed E-state index contributed by atoms with van der Waals surface area (Å²) in [4.78, 5) is 17.8. The summed E-state index contributed by atoms with van der Waals surface area (Å²) in [5.74, 6) is 0.196. The van der Waals surface area contributed by atoms with Crippen LogP contribution in [-0.2, 0) is 16.8 Å². The van der Waals surface area contributed by atoms with E-state index < -0.39 is 5.41 Å². The fourth-order valence-corrected chi connectivity index (χ4v) is 5.68. The molecule has 5 rings (SSSR count). The Hall–Kier alpha value is -3.12. The van der Waals surface area contributed by atoms with Crippen LogP contribution in [0.1, 0.15) is 51.2 Å². The number of aliphatic hydroxyl groups is 1. The molecule has 32 heavy (non-hydrogen) atoms. The quantitative estimate of drug-likeness (QED) is 0.732. The molecule has 2 N–H and O–H groups in total. The highest BCUT2D eigenvalue weighted by Crippen LogP contribution is 2.54. The number of nitrogens with one attached hydrogen (secondary N) is 1. The van der Waals surface area contributed by atoms with E-state index in [1.54, 1.807) is 12.4 Å². The van der Waals surface area contributed by atoms with E-state index in [-0.39, 0.29) is 24.0 Å². The molecule has 164 valence electrons. The molecule has 6 heteroatoms. The predicted molar refractivity (Wildman–Crippen MR) is 122 cm³/mol. The van der Waals surface area contributed by atoms with Crippen LogP contribution in [-0.4, -0.2) is 22.0 Å². The van der Waals surface area contributed by atoms with E-state index in [0.717, 1.165) is 51.9 Å². The van der Waals surface area contributed by atoms with Crippen molar-refractivity contribution >= 4 is 5.78 Å². The number of carbonyl (C=O) groups excluding carboxylic acids is 1. The third-order valence-electron chi connectivity index (χ3n) is 7.05. The molecular formula is C26H28N4O2. The maximum atomic E-state index is 13.6. The normalized spacial score (nSPS) is 25.8. The Balaban J connectivity index is 1.74. The molecule has 2 aromatic rings. The number of ketones is 1. The zero-order chi connectivity index (χ0) is 22.5. The molecule has 0 radical (unpaired) electrons. The van der Waals surface area contributed by atoms with Crippen molar-refractivity contribution in [1.29, 1.82) is 0 Å². The third-order valence-corrected chi connectivity index (χ3v) is 7.05. The van der Waals surface area contributed by atoms with Crippen molar-refractivity contribution in [3.8, 4) is 11.1 Å². The van der Waals surface area contributed by atoms with Crippen molar-refractivity contribution < 1.29 is 9.90 Å². The van der Waals surface area contributed by atoms with Crippen LogP contribution >= 0.6 is 0 Å². The van der Waals surface area contributed by atoms with Gasteiger partial charge in [-0.3, -0.25) is 9.78 Å². The number of aliphatic hydroxyl groups excluding tert-OH is 1. The lowest BCUT2D eigenvalue weighted by molar-refractivity contribution is -0.119. The number of carbonyl (C=O) groups is 1. The number of fused-ring (bicyclic) bond motifs is 1. The van der Waals surface area contributed by atoms with Gasteiger partial charge in [-0.1, -0.05) is 39.0 Å². The topological polar surface area (TPSA) is 86.9 Å². The smallest absolute Gasteiger partial charge is 0.164 e. The van der Waals surface area contributed by atoms with Crippen LogP contribution < -0.4 is 5.32 Å². The summed E-state index contributed by atoms with van der Waals surface area (Å²) in [6, 6.07) is 10.2. The van der Waals surface area contributed by atoms with Gasteiger partial charge in [-0.05, 0) is 47.1 Å². The predicted octanol–water partition coefficient (Wildman–Crippen LogP) is 4.81. The van der Waals surface area contributed by atoms with Gasteiger partial charge in [-0.15, -0.1) is 0 Å². The lowest BCUT2D eigenvalue weighted by atomic mass is 9.58. The molecule has 0 fully saturated rings. The van der Waals surface area contributed by atoms with E-state index >= 15 is 0 Å². The number of rotatable bonds is 4. The van der Waals surface area contributed by atoms with Crippen molar-refractivity contribution in [2.75, 3.05) is 0 Å². The van der Waals surface area contributed by atoms with Gasteiger partial charge in [-0.2, -0.15) is 10.2 Å². The number of aromatic nitrogens is 1. The van der Waals surface area contributed by atoms with Gasteiger partial charge in [0.1, 0.15) is 0 Å². The number of nitrogens with zero attached hydrogens (tertiary/aromatic N) is 3. The molecule has 6 nitrogen and oxygen atoms in total. The van der Waals surface area contributed by atoms with E-state index in [1.165, 1.54) is 0 Å². The van der Waals surface area contributed by atoms with Gasteiger partial charge in [-0.25, -0.2) is 0 Å². The van der Waals surface area contributed by atoms with Crippen LogP contribution in [0, 0.1) is 5.41 Å². The third kappa shape index (κ3) is 3.05. The van der Waals surface area contributed by atoms with Crippen LogP contribution in [0.15, 0.2) is 76.0 Å². The van der Waals surface area contributed by atoms with Gasteiger partial charge in [0.15, 0.2) is 11.9 Å². The first-order chi connectivity index (χ1) is 15.4. The van der Waals surface area contributed by atoms with Crippen LogP contribution in [0.3, 0.4) is 0 Å². The SMILES string of the molecule is CC[C@]1(c2cccc(-c3ccncc3CO)c2)C2=CN=NC2NC2=C1C(=O)CC(C)(C)C2. The number of pyridine rings is 1. The Kier molecular flexibility index (Phi) is 4.86. The summed E-state index contributed by atoms with van der Waals surface area (Å²) in [5, 5.41) is 22.0. The second-order valence-electron chi connectivity index (χ2n) is 9.69. The molecule has 1 aromatic carbocycles. The van der Waals surface area contributed by atoms with Crippen molar-refractivity contribution in [3.63, 3.8) is 0 Å². The number of hydrogen-bond acceptors (Lipinski definition) is 6. The number of Topliss-reactive ketones (excluding diaryl/α,β-unsaturated/α-hetero) is 1. The largest absolute Gasteiger partial charge is 0.392 e. The van der Waals surface area contributed by atoms with Crippen molar-refractivity contribution in [2.45, 2.75) is 58.2 Å². The molecule has 1 aliphatic carbocycles. The fraction of sp³-hybridized carbons (Fsp3) is 0.385. The summed E-state index contributed by atoms with van der Waals surface area (Å²) >= 11 is 0. The van der Waals surface area contributed by atoms with Gasteiger partial charge >= 0.3 is 0 Å². The average Bonchev–Trinajstić information content (AvgIpc) is 3.25. The molecular weight excluding hydrogens is 400 g/mol. The van der Waals surface area contributed by atoms with E-state index in [1.807, 2.05) is 24.4 Å². The molecule has 0 spiro atoms. The van der Waals surface area contributed by atoms with Crippen molar-refractivity contribution in [2.24, 2.45) is 15.6 Å². The second-order valence-corrected chi connectivity index (χ2v) is 9.69. The zero-order valence-electron chi connectivity index (χ0n) is 18.7. The fourth-order valence-electron chi connectivity index (χ4n) is 5.68. The van der Waals surface area contributed by atoms with E-state index in [9.17, 15) is 9.90 Å². The minimum atomic E-state index is -0.579. The van der Waals surface area contributed by atoms with Crippen molar-refractivity contribution in [3.05, 3.63) is 76.9 Å². The lowest BCUT2D eigenvalue weighted by Gasteiger charge is -2.47. The molecule has 1 unspecified atom stereocenters. The maximum Gasteiger partial charge on any atom is 0.164 e. The first-order valence-corrected chi connectivity index (χ1v) is 11.2. The summed E-state index contributed by atoms with van der Waals surface area (Å²) in [5.41, 5.74) is 6.00. The summed E-state index contributed by atoms with van der Waals surface area (Å²) < 4.78 is 0. The Bertz CT molecular complexity index is 1190. The molecule has 0 saturated carbocycles. The van der Waals surface area contributed by atoms with Crippen LogP contribution in [0.5, 0.6) is 0 Å². The number of benzene rings is 1. The lowest BCUT2D eigenvalue weighted by Crippen LogP contribution is -2.51. The Morgan fingerprint density at radius 1 is 1.22 bits per heavy atom. The Morgan fingerprint density at radius 3 is 2.84 bits per heavy atom. The zero-order valence-corrected chi connectivity index (χ0v) is 18.7. The highest BCUT2D eigenvalue weighted by molar-refractivity contribution is 6.01. The Morgan fingerprint density at radius 2 is 2.06 bits per heavy atom. The molecule has 0 bridgehead atoms. The molecule has 0 saturated heterocycles. The molecule has 1 aromatic heterocycles. The molecule has 0 amide bonds. The van der Waals surface area contributed by atoms with Gasteiger partial charge in [0, 0.05) is 41.2 Å². The first-order valence-electron chi connectivity index (χ1n) is 11.2. The first kappa shape index (κ1) is 20.8. The summed E-state index contributed by atoms with van der Waals surface area (Å²) in [7, 11) is 0. The molecule has 2 aliphatic heterocycles. The minimum Gasteiger partial charge on any atom is -0.392 e. The van der Waals surface area contributed by atoms with Crippen LogP contribution in [0.25, 0.3) is 11.1 Å². The highest BCUT2D eigenvalue weighted by atomic mass is 16.3. The minimum absolute atomic E-state index is 0.0793. The second kappa shape index (κ2) is 7.48. The standard InChI is InChI=1S/C26H28N4O2/c1-4-26(18-7-5-6-16(10-18)19-8-9-27-13-17(19)15-31)20-14-28-30-24(20)29-21-11-25(2,3)12-22(32)23(21)26/h5-10,13-14,24,29,31H,4,11-12,15H2,1-3H3/t24?,26-/m0/s1. The van der Waals surface area contributed by atoms with E-state index in [0.29, 0.717) is 6.42 Å². The van der Waals surface area contributed by atoms with E-state index in [2.05, 4.69) is 53.4 Å². The number of hydrogen-bond donors (Lipinski definition) is 2. The molecule has 2 atom stereocenters. The van der Waals surface area contributed by atoms with Gasteiger partial charge < -0.3 is 10.4 Å². The Labute approximate surface area is 188 Å². The maximum absolute atomic E-state index is 13.6. The van der Waals surface area contributed by atoms with Crippen LogP contribution in [0.4, 0.5) is 0 Å². The number of azo groups is 1. The van der Waals surface area contributed by atoms with Crippen LogP contribution in [0.2, 0.25) is 0 Å². The summed E-state index contributed by atoms with van der Waals surface area (Å²) in [6.07, 6.45) is 7.10. The summed E-state index contributed by atoms with van der Waals surface area (Å²) in [6.45, 7) is 6.35. The number of allylic oxidation sites excluding steroid dienone is 2. The highest BCUT2D eigenvalue weighted by Gasteiger charge is 2.52. The monoisotopic (exact) mass is 428 g/mol. The van der Waals surface area contributed by atoms with Gasteiger partial charge in [0.2, 0.25) is 0 Å². The molecule has 3 aliphatic rings. The van der Waals surface area contributed by atoms with Gasteiger partial charge in [0.05, 0.1) is 18.2 Å². The van der Waals surface area contributed by atoms with Crippen molar-refractivity contribution in [1.82, 2.24) is 10.3 Å². The van der Waals surface area contributed by atoms with E-state index in [4.69, 9.17) is 0 Å². The molecule has 3 heterocycles. The van der Waals surface area contributed by atoms with Gasteiger partial charge in [0.25, 0.3) is 0 Å². The average molecular weight is 429 g/mol.